The summed E-state index contributed by atoms with van der Waals surface area (Å²) in [7, 11) is 1.83. The highest BCUT2D eigenvalue weighted by Crippen LogP contribution is 2.38. The molecule has 0 aromatic heterocycles. The number of likely N-dealkylation sites (N-methyl/N-ethyl adjacent to an activating group) is 1. The zero-order chi connectivity index (χ0) is 16.9. The van der Waals surface area contributed by atoms with Crippen molar-refractivity contribution in [1.29, 1.82) is 0 Å². The number of anilines is 2. The van der Waals surface area contributed by atoms with Gasteiger partial charge in [0.25, 0.3) is 0 Å². The normalized spacial score (nSPS) is 17.5. The number of ether oxygens (including phenoxy) is 1. The molecule has 4 nitrogen and oxygen atoms in total. The van der Waals surface area contributed by atoms with Crippen molar-refractivity contribution in [3.63, 3.8) is 0 Å². The molecule has 2 aromatic carbocycles. The van der Waals surface area contributed by atoms with Crippen LogP contribution in [-0.2, 0) is 24.2 Å². The van der Waals surface area contributed by atoms with Crippen LogP contribution in [0.2, 0.25) is 0 Å². The van der Waals surface area contributed by atoms with Crippen molar-refractivity contribution in [2.45, 2.75) is 38.8 Å². The second-order valence-corrected chi connectivity index (χ2v) is 7.27. The number of carbonyl (C=O) groups excluding carboxylic acids is 1. The Morgan fingerprint density at radius 1 is 1.21 bits per heavy atom. The molecule has 2 aliphatic rings. The van der Waals surface area contributed by atoms with Gasteiger partial charge in [0.2, 0.25) is 5.91 Å². The second-order valence-electron chi connectivity index (χ2n) is 7.27. The Bertz CT molecular complexity index is 826. The predicted octanol–water partition coefficient (Wildman–Crippen LogP) is 3.53. The molecule has 0 fully saturated rings. The van der Waals surface area contributed by atoms with Gasteiger partial charge in [-0.25, -0.2) is 0 Å². The van der Waals surface area contributed by atoms with Crippen LogP contribution >= 0.6 is 0 Å². The van der Waals surface area contributed by atoms with Crippen molar-refractivity contribution in [2.75, 3.05) is 17.3 Å². The molecule has 0 saturated heterocycles. The van der Waals surface area contributed by atoms with E-state index in [1.54, 1.807) is 4.90 Å². The van der Waals surface area contributed by atoms with Gasteiger partial charge in [0, 0.05) is 37.0 Å². The SMILES string of the molecule is CN1C(=O)Cc2cc(NCc3cccc4c3OC(C)(C)C4)ccc21. The third-order valence-corrected chi connectivity index (χ3v) is 4.81. The first-order chi connectivity index (χ1) is 11.4. The Hall–Kier alpha value is -2.49. The van der Waals surface area contributed by atoms with Crippen LogP contribution in [0.25, 0.3) is 0 Å². The molecular weight excluding hydrogens is 300 g/mol. The number of amides is 1. The van der Waals surface area contributed by atoms with Gasteiger partial charge in [-0.1, -0.05) is 18.2 Å². The molecule has 0 unspecified atom stereocenters. The van der Waals surface area contributed by atoms with Crippen molar-refractivity contribution in [3.05, 3.63) is 53.1 Å². The maximum Gasteiger partial charge on any atom is 0.231 e. The minimum absolute atomic E-state index is 0.128. The number of carbonyl (C=O) groups is 1. The predicted molar refractivity (Wildman–Crippen MR) is 95.7 cm³/mol. The summed E-state index contributed by atoms with van der Waals surface area (Å²) < 4.78 is 6.12. The van der Waals surface area contributed by atoms with E-state index < -0.39 is 0 Å². The van der Waals surface area contributed by atoms with E-state index in [1.165, 1.54) is 11.1 Å². The van der Waals surface area contributed by atoms with E-state index in [0.717, 1.165) is 29.1 Å². The van der Waals surface area contributed by atoms with Gasteiger partial charge in [-0.2, -0.15) is 0 Å². The van der Waals surface area contributed by atoms with Crippen LogP contribution in [-0.4, -0.2) is 18.6 Å². The Kier molecular flexibility index (Phi) is 3.30. The topological polar surface area (TPSA) is 41.6 Å². The zero-order valence-electron chi connectivity index (χ0n) is 14.3. The third kappa shape index (κ3) is 2.52. The fourth-order valence-electron chi connectivity index (χ4n) is 3.60. The smallest absolute Gasteiger partial charge is 0.231 e. The van der Waals surface area contributed by atoms with Gasteiger partial charge in [0.1, 0.15) is 11.4 Å². The van der Waals surface area contributed by atoms with E-state index in [2.05, 4.69) is 43.4 Å². The first-order valence-electron chi connectivity index (χ1n) is 8.36. The molecule has 0 bridgehead atoms. The largest absolute Gasteiger partial charge is 0.487 e. The molecule has 0 aliphatic carbocycles. The number of nitrogens with one attached hydrogen (secondary N) is 1. The first-order valence-corrected chi connectivity index (χ1v) is 8.36. The molecule has 24 heavy (non-hydrogen) atoms. The summed E-state index contributed by atoms with van der Waals surface area (Å²) in [6.45, 7) is 4.96. The standard InChI is InChI=1S/C20H22N2O2/c1-20(2)11-13-5-4-6-14(19(13)24-20)12-21-16-7-8-17-15(9-16)10-18(23)22(17)3/h4-9,21H,10-12H2,1-3H3. The molecule has 0 saturated carbocycles. The highest BCUT2D eigenvalue weighted by Gasteiger charge is 2.31. The second kappa shape index (κ2) is 5.26. The lowest BCUT2D eigenvalue weighted by Crippen LogP contribution is -2.25. The van der Waals surface area contributed by atoms with Gasteiger partial charge in [0.05, 0.1) is 6.42 Å². The lowest BCUT2D eigenvalue weighted by atomic mass is 10.0. The summed E-state index contributed by atoms with van der Waals surface area (Å²) in [4.78, 5) is 13.5. The molecule has 0 spiro atoms. The van der Waals surface area contributed by atoms with E-state index in [9.17, 15) is 4.79 Å². The van der Waals surface area contributed by atoms with E-state index >= 15 is 0 Å². The lowest BCUT2D eigenvalue weighted by Gasteiger charge is -2.18. The maximum absolute atomic E-state index is 11.8. The van der Waals surface area contributed by atoms with Crippen LogP contribution in [0.3, 0.4) is 0 Å². The van der Waals surface area contributed by atoms with E-state index in [0.29, 0.717) is 13.0 Å². The fraction of sp³-hybridized carbons (Fsp3) is 0.350. The molecule has 1 N–H and O–H groups in total. The summed E-state index contributed by atoms with van der Waals surface area (Å²) in [5.74, 6) is 1.17. The molecule has 2 aromatic rings. The van der Waals surface area contributed by atoms with Crippen LogP contribution in [0.1, 0.15) is 30.5 Å². The van der Waals surface area contributed by atoms with Crippen LogP contribution < -0.4 is 15.0 Å². The van der Waals surface area contributed by atoms with Crippen LogP contribution in [0.5, 0.6) is 5.75 Å². The van der Waals surface area contributed by atoms with Crippen molar-refractivity contribution in [1.82, 2.24) is 0 Å². The van der Waals surface area contributed by atoms with Gasteiger partial charge < -0.3 is 15.0 Å². The summed E-state index contributed by atoms with van der Waals surface area (Å²) in [6.07, 6.45) is 1.43. The van der Waals surface area contributed by atoms with Crippen LogP contribution in [0.15, 0.2) is 36.4 Å². The van der Waals surface area contributed by atoms with Crippen molar-refractivity contribution in [3.8, 4) is 5.75 Å². The van der Waals surface area contributed by atoms with Gasteiger partial charge in [-0.05, 0) is 43.2 Å². The number of nitrogens with zero attached hydrogens (tertiary/aromatic N) is 1. The van der Waals surface area contributed by atoms with Gasteiger partial charge in [-0.15, -0.1) is 0 Å². The van der Waals surface area contributed by atoms with Crippen molar-refractivity contribution < 1.29 is 9.53 Å². The number of fused-ring (bicyclic) bond motifs is 2. The molecule has 1 amide bonds. The van der Waals surface area contributed by atoms with Crippen molar-refractivity contribution in [2.24, 2.45) is 0 Å². The molecule has 0 atom stereocenters. The highest BCUT2D eigenvalue weighted by atomic mass is 16.5. The number of benzene rings is 2. The number of para-hydroxylation sites is 1. The molecule has 2 heterocycles. The van der Waals surface area contributed by atoms with Gasteiger partial charge >= 0.3 is 0 Å². The fourth-order valence-corrected chi connectivity index (χ4v) is 3.60. The average molecular weight is 322 g/mol. The lowest BCUT2D eigenvalue weighted by molar-refractivity contribution is -0.117. The highest BCUT2D eigenvalue weighted by molar-refractivity contribution is 6.01. The van der Waals surface area contributed by atoms with Crippen LogP contribution in [0.4, 0.5) is 11.4 Å². The zero-order valence-corrected chi connectivity index (χ0v) is 14.3. The summed E-state index contributed by atoms with van der Waals surface area (Å²) in [6, 6.07) is 12.5. The summed E-state index contributed by atoms with van der Waals surface area (Å²) in [5, 5.41) is 3.47. The van der Waals surface area contributed by atoms with Gasteiger partial charge in [-0.3, -0.25) is 4.79 Å². The quantitative estimate of drug-likeness (QED) is 0.940. The van der Waals surface area contributed by atoms with Crippen molar-refractivity contribution >= 4 is 17.3 Å². The monoisotopic (exact) mass is 322 g/mol. The van der Waals surface area contributed by atoms with E-state index in [-0.39, 0.29) is 11.5 Å². The number of hydrogen-bond donors (Lipinski definition) is 1. The number of hydrogen-bond acceptors (Lipinski definition) is 3. The Balaban J connectivity index is 1.53. The minimum atomic E-state index is -0.128. The maximum atomic E-state index is 11.8. The average Bonchev–Trinajstić information content (AvgIpc) is 3.00. The van der Waals surface area contributed by atoms with E-state index in [4.69, 9.17) is 4.74 Å². The number of rotatable bonds is 3. The third-order valence-electron chi connectivity index (χ3n) is 4.81. The molecule has 4 rings (SSSR count). The van der Waals surface area contributed by atoms with Crippen LogP contribution in [0, 0.1) is 0 Å². The Labute approximate surface area is 142 Å². The summed E-state index contributed by atoms with van der Waals surface area (Å²) in [5.41, 5.74) is 5.45. The molecule has 2 aliphatic heterocycles. The molecule has 0 radical (unpaired) electrons. The minimum Gasteiger partial charge on any atom is -0.487 e. The molecule has 124 valence electrons. The molecule has 4 heteroatoms. The van der Waals surface area contributed by atoms with Gasteiger partial charge in [0.15, 0.2) is 0 Å². The van der Waals surface area contributed by atoms with E-state index in [1.807, 2.05) is 19.2 Å². The summed E-state index contributed by atoms with van der Waals surface area (Å²) >= 11 is 0. The first kappa shape index (κ1) is 15.1. The molecular formula is C20H22N2O2. The Morgan fingerprint density at radius 2 is 2.04 bits per heavy atom. The Morgan fingerprint density at radius 3 is 2.88 bits per heavy atom.